The summed E-state index contributed by atoms with van der Waals surface area (Å²) in [6, 6.07) is 10.9. The third-order valence-corrected chi connectivity index (χ3v) is 8.78. The van der Waals surface area contributed by atoms with Gasteiger partial charge in [0.05, 0.1) is 0 Å². The fourth-order valence-corrected chi connectivity index (χ4v) is 5.23. The molecule has 8 nitrogen and oxygen atoms in total. The van der Waals surface area contributed by atoms with Crippen molar-refractivity contribution in [3.8, 4) is 11.5 Å². The SMILES string of the molecule is CCC(C)c1ccc(OC(=O)CCCSc2ccc(OS(=O)(=O)C(F)(F)C(F)(F)C(F)(F)S(=O)(=O)O)cc2)cc1. The van der Waals surface area contributed by atoms with E-state index >= 15 is 0 Å². The van der Waals surface area contributed by atoms with Crippen molar-refractivity contribution in [1.82, 2.24) is 0 Å². The standard InChI is InChI=1S/C23H24F6O8S3/c1-3-15(2)16-6-8-17(9-7-16)36-20(30)5-4-14-38-19-12-10-18(11-13-19)37-40(34,35)23(28,29)21(24,25)22(26,27)39(31,32)33/h6-13,15H,3-5,14H2,1-2H3,(H,31,32,33). The van der Waals surface area contributed by atoms with E-state index in [1.54, 1.807) is 12.1 Å². The molecule has 224 valence electrons. The summed E-state index contributed by atoms with van der Waals surface area (Å²) < 4.78 is 143. The molecule has 0 saturated carbocycles. The van der Waals surface area contributed by atoms with Crippen molar-refractivity contribution in [2.24, 2.45) is 0 Å². The normalized spacial score (nSPS) is 14.0. The van der Waals surface area contributed by atoms with Crippen molar-refractivity contribution in [1.29, 1.82) is 0 Å². The van der Waals surface area contributed by atoms with Gasteiger partial charge in [0.15, 0.2) is 0 Å². The van der Waals surface area contributed by atoms with Gasteiger partial charge < -0.3 is 8.92 Å². The highest BCUT2D eigenvalue weighted by atomic mass is 32.2. The number of alkyl halides is 6. The fraction of sp³-hybridized carbons (Fsp3) is 0.435. The van der Waals surface area contributed by atoms with Crippen LogP contribution < -0.4 is 8.92 Å². The van der Waals surface area contributed by atoms with Crippen LogP contribution in [0, 0.1) is 0 Å². The zero-order valence-electron chi connectivity index (χ0n) is 20.8. The molecule has 1 N–H and O–H groups in total. The Morgan fingerprint density at radius 2 is 1.43 bits per heavy atom. The van der Waals surface area contributed by atoms with Crippen molar-refractivity contribution < 1.29 is 61.4 Å². The Labute approximate surface area is 230 Å². The van der Waals surface area contributed by atoms with Crippen molar-refractivity contribution >= 4 is 38.0 Å². The molecule has 1 unspecified atom stereocenters. The van der Waals surface area contributed by atoms with Gasteiger partial charge in [-0.3, -0.25) is 9.35 Å². The highest BCUT2D eigenvalue weighted by Crippen LogP contribution is 2.51. The Morgan fingerprint density at radius 3 is 1.93 bits per heavy atom. The Balaban J connectivity index is 1.92. The predicted octanol–water partition coefficient (Wildman–Crippen LogP) is 6.10. The first kappa shape index (κ1) is 33.7. The number of rotatable bonds is 14. The lowest BCUT2D eigenvalue weighted by Crippen LogP contribution is -2.61. The third-order valence-electron chi connectivity index (χ3n) is 5.49. The monoisotopic (exact) mass is 638 g/mol. The first-order valence-corrected chi connectivity index (χ1v) is 15.2. The lowest BCUT2D eigenvalue weighted by atomic mass is 9.99. The summed E-state index contributed by atoms with van der Waals surface area (Å²) in [6.07, 6.45) is 1.36. The molecule has 0 bridgehead atoms. The Kier molecular flexibility index (Phi) is 10.6. The van der Waals surface area contributed by atoms with E-state index in [1.165, 1.54) is 0 Å². The van der Waals surface area contributed by atoms with Gasteiger partial charge in [0, 0.05) is 11.3 Å². The van der Waals surface area contributed by atoms with Crippen LogP contribution in [0.5, 0.6) is 11.5 Å². The minimum absolute atomic E-state index is 0.0526. The molecule has 2 aromatic carbocycles. The van der Waals surface area contributed by atoms with Crippen LogP contribution in [0.4, 0.5) is 26.3 Å². The fourth-order valence-electron chi connectivity index (χ4n) is 2.95. The lowest BCUT2D eigenvalue weighted by Gasteiger charge is -2.29. The van der Waals surface area contributed by atoms with Crippen LogP contribution in [-0.2, 0) is 25.0 Å². The van der Waals surface area contributed by atoms with E-state index in [1.807, 2.05) is 12.1 Å². The maximum atomic E-state index is 13.9. The number of carbonyl (C=O) groups excluding carboxylic acids is 1. The summed E-state index contributed by atoms with van der Waals surface area (Å²) in [7, 11) is -14.0. The second-order valence-electron chi connectivity index (χ2n) is 8.40. The highest BCUT2D eigenvalue weighted by molar-refractivity contribution is 7.99. The average Bonchev–Trinajstić information content (AvgIpc) is 2.86. The summed E-state index contributed by atoms with van der Waals surface area (Å²) in [5, 5.41) is -13.6. The van der Waals surface area contributed by atoms with Gasteiger partial charge in [-0.1, -0.05) is 26.0 Å². The van der Waals surface area contributed by atoms with Crippen LogP contribution in [0.15, 0.2) is 53.4 Å². The van der Waals surface area contributed by atoms with Gasteiger partial charge in [0.1, 0.15) is 11.5 Å². The second-order valence-corrected chi connectivity index (χ2v) is 12.6. The molecule has 40 heavy (non-hydrogen) atoms. The van der Waals surface area contributed by atoms with Gasteiger partial charge >= 0.3 is 42.6 Å². The third kappa shape index (κ3) is 7.41. The Hall–Kier alpha value is -2.50. The van der Waals surface area contributed by atoms with Crippen LogP contribution >= 0.6 is 11.8 Å². The molecule has 0 radical (unpaired) electrons. The molecule has 1 atom stereocenters. The molecule has 0 aliphatic heterocycles. The number of ether oxygens (including phenoxy) is 1. The van der Waals surface area contributed by atoms with E-state index < -0.39 is 48.4 Å². The predicted molar refractivity (Wildman–Crippen MR) is 133 cm³/mol. The van der Waals surface area contributed by atoms with Gasteiger partial charge in [-0.05, 0) is 66.5 Å². The van der Waals surface area contributed by atoms with Crippen molar-refractivity contribution in [3.63, 3.8) is 0 Å². The zero-order chi connectivity index (χ0) is 30.6. The topological polar surface area (TPSA) is 124 Å². The number of carbonyl (C=O) groups is 1. The molecule has 0 fully saturated rings. The van der Waals surface area contributed by atoms with Gasteiger partial charge in [0.2, 0.25) is 0 Å². The average molecular weight is 639 g/mol. The number of esters is 1. The number of hydrogen-bond donors (Lipinski definition) is 1. The van der Waals surface area contributed by atoms with Crippen LogP contribution in [-0.4, -0.2) is 49.5 Å². The van der Waals surface area contributed by atoms with Gasteiger partial charge in [-0.2, -0.15) is 43.2 Å². The first-order valence-electron chi connectivity index (χ1n) is 11.3. The minimum Gasteiger partial charge on any atom is -0.427 e. The maximum Gasteiger partial charge on any atom is 0.450 e. The zero-order valence-corrected chi connectivity index (χ0v) is 23.3. The molecule has 0 aromatic heterocycles. The van der Waals surface area contributed by atoms with Gasteiger partial charge in [-0.25, -0.2) is 0 Å². The van der Waals surface area contributed by atoms with Crippen molar-refractivity contribution in [2.45, 2.75) is 60.4 Å². The molecule has 2 rings (SSSR count). The van der Waals surface area contributed by atoms with Crippen LogP contribution in [0.25, 0.3) is 0 Å². The highest BCUT2D eigenvalue weighted by Gasteiger charge is 2.83. The van der Waals surface area contributed by atoms with Gasteiger partial charge in [-0.15, -0.1) is 11.8 Å². The Morgan fingerprint density at radius 1 is 0.900 bits per heavy atom. The molecule has 0 spiro atoms. The summed E-state index contributed by atoms with van der Waals surface area (Å²) in [5.41, 5.74) is 1.11. The van der Waals surface area contributed by atoms with E-state index in [0.29, 0.717) is 28.7 Å². The molecular formula is C23H24F6O8S3. The van der Waals surface area contributed by atoms with Crippen molar-refractivity contribution in [2.75, 3.05) is 5.75 Å². The summed E-state index contributed by atoms with van der Waals surface area (Å²) >= 11 is 1.14. The second kappa shape index (κ2) is 12.6. The molecule has 17 heteroatoms. The maximum absolute atomic E-state index is 13.9. The van der Waals surface area contributed by atoms with E-state index in [-0.39, 0.29) is 6.42 Å². The molecule has 0 heterocycles. The number of benzene rings is 2. The smallest absolute Gasteiger partial charge is 0.427 e. The molecule has 0 saturated heterocycles. The number of hydrogen-bond acceptors (Lipinski definition) is 8. The molecular weight excluding hydrogens is 614 g/mol. The van der Waals surface area contributed by atoms with Crippen LogP contribution in [0.1, 0.15) is 44.6 Å². The minimum atomic E-state index is -7.14. The molecule has 2 aromatic rings. The van der Waals surface area contributed by atoms with E-state index in [0.717, 1.165) is 48.0 Å². The molecule has 0 amide bonds. The Bertz CT molecular complexity index is 1380. The number of thioether (sulfide) groups is 1. The molecule has 0 aliphatic rings. The van der Waals surface area contributed by atoms with Crippen LogP contribution in [0.3, 0.4) is 0 Å². The lowest BCUT2D eigenvalue weighted by molar-refractivity contribution is -0.247. The molecule has 0 aliphatic carbocycles. The summed E-state index contributed by atoms with van der Waals surface area (Å²) in [4.78, 5) is 12.4. The van der Waals surface area contributed by atoms with Crippen molar-refractivity contribution in [3.05, 3.63) is 54.1 Å². The largest absolute Gasteiger partial charge is 0.450 e. The summed E-state index contributed by atoms with van der Waals surface area (Å²) in [5.74, 6) is -7.44. The summed E-state index contributed by atoms with van der Waals surface area (Å²) in [6.45, 7) is 4.13. The van der Waals surface area contributed by atoms with Crippen LogP contribution in [0.2, 0.25) is 0 Å². The van der Waals surface area contributed by atoms with E-state index in [2.05, 4.69) is 18.0 Å². The van der Waals surface area contributed by atoms with E-state index in [9.17, 15) is 48.0 Å². The number of halogens is 6. The quantitative estimate of drug-likeness (QED) is 0.0498. The van der Waals surface area contributed by atoms with E-state index in [4.69, 9.17) is 9.29 Å². The van der Waals surface area contributed by atoms with Gasteiger partial charge in [0.25, 0.3) is 0 Å². The first-order chi connectivity index (χ1) is 18.3.